The maximum absolute atomic E-state index is 6.24. The fourth-order valence-electron chi connectivity index (χ4n) is 2.09. The molecular formula is C14H18ClN3. The predicted octanol–water partition coefficient (Wildman–Crippen LogP) is 2.88. The number of nitrogens with two attached hydrogens (primary N) is 1. The molecule has 0 aliphatic rings. The maximum atomic E-state index is 6.24. The minimum Gasteiger partial charge on any atom is -0.322 e. The Hall–Kier alpha value is -1.32. The molecule has 0 aliphatic carbocycles. The molecule has 1 unspecified atom stereocenters. The first-order valence-corrected chi connectivity index (χ1v) is 6.50. The van der Waals surface area contributed by atoms with E-state index in [1.807, 2.05) is 36.0 Å². The highest BCUT2D eigenvalue weighted by molar-refractivity contribution is 6.30. The van der Waals surface area contributed by atoms with Gasteiger partial charge in [0.15, 0.2) is 0 Å². The number of halogens is 1. The lowest BCUT2D eigenvalue weighted by Gasteiger charge is -2.12. The first-order chi connectivity index (χ1) is 8.60. The van der Waals surface area contributed by atoms with E-state index in [0.29, 0.717) is 0 Å². The van der Waals surface area contributed by atoms with Crippen LogP contribution in [0.4, 0.5) is 0 Å². The topological polar surface area (TPSA) is 43.8 Å². The number of aromatic nitrogens is 2. The first-order valence-electron chi connectivity index (χ1n) is 6.13. The van der Waals surface area contributed by atoms with E-state index in [1.54, 1.807) is 0 Å². The molecule has 0 amide bonds. The monoisotopic (exact) mass is 263 g/mol. The lowest BCUT2D eigenvalue weighted by molar-refractivity contribution is 0.614. The third kappa shape index (κ3) is 2.92. The Morgan fingerprint density at radius 3 is 2.78 bits per heavy atom. The van der Waals surface area contributed by atoms with Crippen molar-refractivity contribution in [1.82, 2.24) is 9.78 Å². The number of rotatable bonds is 4. The van der Waals surface area contributed by atoms with Crippen LogP contribution in [-0.2, 0) is 19.9 Å². The van der Waals surface area contributed by atoms with E-state index in [0.717, 1.165) is 34.8 Å². The van der Waals surface area contributed by atoms with Crippen molar-refractivity contribution >= 4 is 11.6 Å². The van der Waals surface area contributed by atoms with Gasteiger partial charge in [-0.15, -0.1) is 0 Å². The zero-order valence-electron chi connectivity index (χ0n) is 10.7. The SMILES string of the molecule is CCc1cc(C(N)Cc2cccc(Cl)c2)n(C)n1. The summed E-state index contributed by atoms with van der Waals surface area (Å²) in [6.07, 6.45) is 1.70. The Morgan fingerprint density at radius 2 is 2.17 bits per heavy atom. The lowest BCUT2D eigenvalue weighted by Crippen LogP contribution is -2.17. The molecule has 0 saturated carbocycles. The van der Waals surface area contributed by atoms with Crippen LogP contribution in [-0.4, -0.2) is 9.78 Å². The zero-order valence-corrected chi connectivity index (χ0v) is 11.5. The van der Waals surface area contributed by atoms with Crippen LogP contribution in [0.25, 0.3) is 0 Å². The molecule has 2 N–H and O–H groups in total. The van der Waals surface area contributed by atoms with Crippen LogP contribution < -0.4 is 5.73 Å². The Bertz CT molecular complexity index is 534. The van der Waals surface area contributed by atoms with Crippen LogP contribution >= 0.6 is 11.6 Å². The smallest absolute Gasteiger partial charge is 0.0625 e. The molecule has 0 spiro atoms. The van der Waals surface area contributed by atoms with Crippen molar-refractivity contribution in [2.75, 3.05) is 0 Å². The summed E-state index contributed by atoms with van der Waals surface area (Å²) >= 11 is 5.97. The molecule has 4 heteroatoms. The molecule has 0 radical (unpaired) electrons. The first kappa shape index (κ1) is 13.1. The van der Waals surface area contributed by atoms with Gasteiger partial charge in [0.05, 0.1) is 17.4 Å². The standard InChI is InChI=1S/C14H18ClN3/c1-3-12-9-14(18(2)17-12)13(16)8-10-5-4-6-11(15)7-10/h4-7,9,13H,3,8,16H2,1-2H3. The molecule has 3 nitrogen and oxygen atoms in total. The molecule has 1 atom stereocenters. The molecule has 2 rings (SSSR count). The maximum Gasteiger partial charge on any atom is 0.0625 e. The van der Waals surface area contributed by atoms with E-state index in [-0.39, 0.29) is 6.04 Å². The predicted molar refractivity (Wildman–Crippen MR) is 74.7 cm³/mol. The minimum absolute atomic E-state index is 0.0544. The largest absolute Gasteiger partial charge is 0.322 e. The van der Waals surface area contributed by atoms with Crippen LogP contribution in [0.3, 0.4) is 0 Å². The van der Waals surface area contributed by atoms with Crippen molar-refractivity contribution in [2.24, 2.45) is 12.8 Å². The van der Waals surface area contributed by atoms with Crippen molar-refractivity contribution in [1.29, 1.82) is 0 Å². The number of hydrogen-bond donors (Lipinski definition) is 1. The highest BCUT2D eigenvalue weighted by Crippen LogP contribution is 2.19. The number of benzene rings is 1. The molecule has 1 heterocycles. The summed E-state index contributed by atoms with van der Waals surface area (Å²) in [5, 5.41) is 5.17. The van der Waals surface area contributed by atoms with E-state index in [1.165, 1.54) is 0 Å². The van der Waals surface area contributed by atoms with Gasteiger partial charge in [0.2, 0.25) is 0 Å². The highest BCUT2D eigenvalue weighted by Gasteiger charge is 2.13. The fraction of sp³-hybridized carbons (Fsp3) is 0.357. The molecule has 0 aliphatic heterocycles. The fourth-order valence-corrected chi connectivity index (χ4v) is 2.30. The van der Waals surface area contributed by atoms with Crippen molar-refractivity contribution < 1.29 is 0 Å². The van der Waals surface area contributed by atoms with Crippen molar-refractivity contribution in [3.05, 3.63) is 52.3 Å². The van der Waals surface area contributed by atoms with Gasteiger partial charge in [-0.3, -0.25) is 4.68 Å². The molecule has 96 valence electrons. The van der Waals surface area contributed by atoms with Crippen LogP contribution in [0.5, 0.6) is 0 Å². The summed E-state index contributed by atoms with van der Waals surface area (Å²) < 4.78 is 1.87. The second-order valence-corrected chi connectivity index (χ2v) is 4.91. The normalized spacial score (nSPS) is 12.7. The minimum atomic E-state index is -0.0544. The van der Waals surface area contributed by atoms with Gasteiger partial charge >= 0.3 is 0 Å². The average Bonchev–Trinajstić information content (AvgIpc) is 2.70. The summed E-state index contributed by atoms with van der Waals surface area (Å²) in [4.78, 5) is 0. The van der Waals surface area contributed by atoms with E-state index in [2.05, 4.69) is 18.1 Å². The molecule has 18 heavy (non-hydrogen) atoms. The lowest BCUT2D eigenvalue weighted by atomic mass is 10.0. The average molecular weight is 264 g/mol. The van der Waals surface area contributed by atoms with Crippen molar-refractivity contribution in [3.8, 4) is 0 Å². The Labute approximate surface area is 113 Å². The molecule has 2 aromatic rings. The van der Waals surface area contributed by atoms with Gasteiger partial charge in [0.25, 0.3) is 0 Å². The van der Waals surface area contributed by atoms with Crippen molar-refractivity contribution in [3.63, 3.8) is 0 Å². The third-order valence-corrected chi connectivity index (χ3v) is 3.29. The summed E-state index contributed by atoms with van der Waals surface area (Å²) in [5.74, 6) is 0. The second-order valence-electron chi connectivity index (χ2n) is 4.48. The second kappa shape index (κ2) is 5.55. The number of hydrogen-bond acceptors (Lipinski definition) is 2. The molecule has 1 aromatic heterocycles. The van der Waals surface area contributed by atoms with E-state index in [9.17, 15) is 0 Å². The molecule has 1 aromatic carbocycles. The summed E-state index contributed by atoms with van der Waals surface area (Å²) in [5.41, 5.74) is 9.53. The van der Waals surface area contributed by atoms with Crippen LogP contribution in [0.2, 0.25) is 5.02 Å². The van der Waals surface area contributed by atoms with E-state index in [4.69, 9.17) is 17.3 Å². The van der Waals surface area contributed by atoms with Crippen LogP contribution in [0.1, 0.15) is 29.9 Å². The summed E-state index contributed by atoms with van der Waals surface area (Å²) in [6, 6.07) is 9.85. The Kier molecular flexibility index (Phi) is 4.04. The molecule has 0 fully saturated rings. The van der Waals surface area contributed by atoms with Crippen molar-refractivity contribution in [2.45, 2.75) is 25.8 Å². The van der Waals surface area contributed by atoms with Gasteiger partial charge in [-0.05, 0) is 36.6 Å². The van der Waals surface area contributed by atoms with Gasteiger partial charge in [-0.25, -0.2) is 0 Å². The van der Waals surface area contributed by atoms with Gasteiger partial charge in [-0.1, -0.05) is 30.7 Å². The van der Waals surface area contributed by atoms with Gasteiger partial charge in [0, 0.05) is 12.1 Å². The quantitative estimate of drug-likeness (QED) is 0.922. The van der Waals surface area contributed by atoms with Gasteiger partial charge in [0.1, 0.15) is 0 Å². The Morgan fingerprint density at radius 1 is 1.39 bits per heavy atom. The zero-order chi connectivity index (χ0) is 13.1. The van der Waals surface area contributed by atoms with Crippen LogP contribution in [0, 0.1) is 0 Å². The van der Waals surface area contributed by atoms with Gasteiger partial charge in [-0.2, -0.15) is 5.10 Å². The molecule has 0 bridgehead atoms. The third-order valence-electron chi connectivity index (χ3n) is 3.05. The summed E-state index contributed by atoms with van der Waals surface area (Å²) in [7, 11) is 1.94. The van der Waals surface area contributed by atoms with E-state index >= 15 is 0 Å². The number of nitrogens with zero attached hydrogens (tertiary/aromatic N) is 2. The van der Waals surface area contributed by atoms with Crippen LogP contribution in [0.15, 0.2) is 30.3 Å². The number of aryl methyl sites for hydroxylation is 2. The molecular weight excluding hydrogens is 246 g/mol. The summed E-state index contributed by atoms with van der Waals surface area (Å²) in [6.45, 7) is 2.09. The van der Waals surface area contributed by atoms with Gasteiger partial charge < -0.3 is 5.73 Å². The highest BCUT2D eigenvalue weighted by atomic mass is 35.5. The Balaban J connectivity index is 2.16. The van der Waals surface area contributed by atoms with E-state index < -0.39 is 0 Å². The molecule has 0 saturated heterocycles.